The number of rotatable bonds is 8. The zero-order valence-electron chi connectivity index (χ0n) is 17.5. The van der Waals surface area contributed by atoms with Crippen LogP contribution in [0, 0.1) is 17.3 Å². The van der Waals surface area contributed by atoms with E-state index in [1.807, 2.05) is 0 Å². The smallest absolute Gasteiger partial charge is 0.337 e. The second-order valence-electron chi connectivity index (χ2n) is 9.98. The minimum atomic E-state index is -0.908. The molecule has 6 nitrogen and oxygen atoms in total. The molecule has 29 heavy (non-hydrogen) atoms. The van der Waals surface area contributed by atoms with Crippen LogP contribution in [0.1, 0.15) is 77.6 Å². The van der Waals surface area contributed by atoms with E-state index in [2.05, 4.69) is 6.58 Å². The lowest BCUT2D eigenvalue weighted by atomic mass is 9.46. The molecule has 0 aromatic carbocycles. The largest absolute Gasteiger partial charge is 0.478 e. The van der Waals surface area contributed by atoms with Gasteiger partial charge >= 0.3 is 11.9 Å². The van der Waals surface area contributed by atoms with E-state index >= 15 is 0 Å². The molecule has 5 rings (SSSR count). The van der Waals surface area contributed by atoms with Gasteiger partial charge in [0.05, 0.1) is 11.7 Å². The van der Waals surface area contributed by atoms with Crippen molar-refractivity contribution in [1.29, 1.82) is 0 Å². The monoisotopic (exact) mass is 406 g/mol. The summed E-state index contributed by atoms with van der Waals surface area (Å²) in [7, 11) is 0. The van der Waals surface area contributed by atoms with E-state index in [0.29, 0.717) is 23.8 Å². The Morgan fingerprint density at radius 2 is 1.76 bits per heavy atom. The van der Waals surface area contributed by atoms with Gasteiger partial charge in [0.1, 0.15) is 0 Å². The first-order valence-corrected chi connectivity index (χ1v) is 11.2. The summed E-state index contributed by atoms with van der Waals surface area (Å²) in [5, 5.41) is 9.57. The van der Waals surface area contributed by atoms with E-state index in [4.69, 9.17) is 14.2 Å². The number of carbonyl (C=O) groups excluding carboxylic acids is 1. The molecule has 0 saturated heterocycles. The number of esters is 1. The maximum absolute atomic E-state index is 12.5. The Morgan fingerprint density at radius 1 is 1.10 bits per heavy atom. The predicted octanol–water partition coefficient (Wildman–Crippen LogP) is 4.22. The van der Waals surface area contributed by atoms with Crippen LogP contribution in [0.25, 0.3) is 0 Å². The van der Waals surface area contributed by atoms with Crippen molar-refractivity contribution in [3.05, 3.63) is 12.2 Å². The minimum absolute atomic E-state index is 0.0186. The second kappa shape index (κ2) is 8.03. The van der Waals surface area contributed by atoms with Crippen LogP contribution >= 0.6 is 0 Å². The van der Waals surface area contributed by atoms with Crippen molar-refractivity contribution in [1.82, 2.24) is 0 Å². The van der Waals surface area contributed by atoms with Gasteiger partial charge in [0.15, 0.2) is 12.9 Å². The van der Waals surface area contributed by atoms with Gasteiger partial charge in [-0.1, -0.05) is 25.8 Å². The van der Waals surface area contributed by atoms with Gasteiger partial charge in [-0.3, -0.25) is 0 Å². The lowest BCUT2D eigenvalue weighted by molar-refractivity contribution is -0.218. The van der Waals surface area contributed by atoms with Crippen LogP contribution in [0.4, 0.5) is 0 Å². The Morgan fingerprint density at radius 3 is 2.38 bits per heavy atom. The highest BCUT2D eigenvalue weighted by atomic mass is 16.7. The molecule has 0 heterocycles. The molecule has 5 fully saturated rings. The lowest BCUT2D eigenvalue weighted by Gasteiger charge is -2.62. The molecular formula is C23H34O6. The number of hydrogen-bond acceptors (Lipinski definition) is 5. The summed E-state index contributed by atoms with van der Waals surface area (Å²) in [6.45, 7) is 5.63. The van der Waals surface area contributed by atoms with E-state index in [0.717, 1.165) is 44.9 Å². The summed E-state index contributed by atoms with van der Waals surface area (Å²) in [5.74, 6) is -0.410. The number of carboxylic acid groups (broad SMARTS) is 1. The Labute approximate surface area is 173 Å². The van der Waals surface area contributed by atoms with Crippen molar-refractivity contribution in [2.24, 2.45) is 17.3 Å². The molecule has 0 aromatic rings. The fraction of sp³-hybridized carbons (Fsp3) is 0.826. The Hall–Kier alpha value is -1.40. The molecule has 0 amide bonds. The van der Waals surface area contributed by atoms with Crippen LogP contribution in [0.15, 0.2) is 12.2 Å². The summed E-state index contributed by atoms with van der Waals surface area (Å²) < 4.78 is 17.4. The summed E-state index contributed by atoms with van der Waals surface area (Å²) in [4.78, 5) is 24.2. The Balaban J connectivity index is 1.34. The van der Waals surface area contributed by atoms with E-state index in [9.17, 15) is 14.7 Å². The van der Waals surface area contributed by atoms with Crippen LogP contribution < -0.4 is 0 Å². The summed E-state index contributed by atoms with van der Waals surface area (Å²) in [6.07, 6.45) is 10.5. The number of ether oxygens (including phenoxy) is 3. The van der Waals surface area contributed by atoms with Crippen LogP contribution in [0.5, 0.6) is 0 Å². The first-order chi connectivity index (χ1) is 13.8. The van der Waals surface area contributed by atoms with Gasteiger partial charge in [0.2, 0.25) is 0 Å². The molecule has 3 atom stereocenters. The summed E-state index contributed by atoms with van der Waals surface area (Å²) >= 11 is 0. The summed E-state index contributed by atoms with van der Waals surface area (Å²) in [6, 6.07) is 0. The first-order valence-electron chi connectivity index (χ1n) is 11.2. The van der Waals surface area contributed by atoms with Crippen molar-refractivity contribution >= 4 is 11.9 Å². The average molecular weight is 407 g/mol. The predicted molar refractivity (Wildman–Crippen MR) is 106 cm³/mol. The molecule has 5 saturated carbocycles. The average Bonchev–Trinajstić information content (AvgIpc) is 2.66. The van der Waals surface area contributed by atoms with E-state index in [-0.39, 0.29) is 18.3 Å². The van der Waals surface area contributed by atoms with Gasteiger partial charge in [0, 0.05) is 11.0 Å². The molecule has 5 aliphatic rings. The molecule has 4 bridgehead atoms. The van der Waals surface area contributed by atoms with Crippen molar-refractivity contribution < 1.29 is 28.9 Å². The number of aliphatic carboxylic acids is 1. The molecule has 0 radical (unpaired) electrons. The third kappa shape index (κ3) is 4.24. The maximum Gasteiger partial charge on any atom is 0.337 e. The quantitative estimate of drug-likeness (QED) is 0.369. The Kier molecular flexibility index (Phi) is 5.77. The van der Waals surface area contributed by atoms with Gasteiger partial charge in [0.25, 0.3) is 0 Å². The third-order valence-electron chi connectivity index (χ3n) is 7.72. The van der Waals surface area contributed by atoms with Crippen molar-refractivity contribution in [2.75, 3.05) is 6.79 Å². The zero-order chi connectivity index (χ0) is 20.6. The van der Waals surface area contributed by atoms with Gasteiger partial charge in [-0.15, -0.1) is 0 Å². The lowest BCUT2D eigenvalue weighted by Crippen LogP contribution is -2.59. The topological polar surface area (TPSA) is 82.1 Å². The highest BCUT2D eigenvalue weighted by molar-refractivity contribution is 5.87. The molecular weight excluding hydrogens is 372 g/mol. The molecule has 5 aliphatic carbocycles. The first kappa shape index (κ1) is 20.9. The van der Waals surface area contributed by atoms with Gasteiger partial charge in [-0.2, -0.15) is 0 Å². The minimum Gasteiger partial charge on any atom is -0.478 e. The SMILES string of the molecule is C=C(C(=O)O)C12CC3CC(CC(OC(C)C(=O)OCOC4CCCCC4)(C3)C1)C2. The molecule has 1 N–H and O–H groups in total. The van der Waals surface area contributed by atoms with Gasteiger partial charge in [-0.05, 0) is 70.1 Å². The van der Waals surface area contributed by atoms with Crippen LogP contribution in [-0.4, -0.2) is 41.6 Å². The highest BCUT2D eigenvalue weighted by Gasteiger charge is 2.60. The van der Waals surface area contributed by atoms with Crippen molar-refractivity contribution in [3.63, 3.8) is 0 Å². The van der Waals surface area contributed by atoms with E-state index in [1.165, 1.54) is 19.3 Å². The fourth-order valence-electron chi connectivity index (χ4n) is 6.86. The van der Waals surface area contributed by atoms with Gasteiger partial charge < -0.3 is 19.3 Å². The normalized spacial score (nSPS) is 37.3. The van der Waals surface area contributed by atoms with Crippen LogP contribution in [-0.2, 0) is 23.8 Å². The molecule has 3 unspecified atom stereocenters. The van der Waals surface area contributed by atoms with Crippen LogP contribution in [0.2, 0.25) is 0 Å². The fourth-order valence-corrected chi connectivity index (χ4v) is 6.86. The van der Waals surface area contributed by atoms with Gasteiger partial charge in [-0.25, -0.2) is 9.59 Å². The number of carboxylic acids is 1. The van der Waals surface area contributed by atoms with E-state index in [1.54, 1.807) is 6.92 Å². The number of hydrogen-bond donors (Lipinski definition) is 1. The third-order valence-corrected chi connectivity index (χ3v) is 7.72. The molecule has 162 valence electrons. The van der Waals surface area contributed by atoms with Crippen LogP contribution in [0.3, 0.4) is 0 Å². The van der Waals surface area contributed by atoms with E-state index < -0.39 is 23.6 Å². The molecule has 0 aromatic heterocycles. The second-order valence-corrected chi connectivity index (χ2v) is 9.98. The van der Waals surface area contributed by atoms with Crippen molar-refractivity contribution in [2.45, 2.75) is 95.4 Å². The molecule has 6 heteroatoms. The zero-order valence-corrected chi connectivity index (χ0v) is 17.5. The molecule has 0 spiro atoms. The standard InChI is InChI=1S/C23H34O6/c1-15(20(24)25)22-9-17-8-18(10-22)12-23(11-17,13-22)29-16(2)21(26)28-14-27-19-6-4-3-5-7-19/h16-19H,1,3-14H2,2H3,(H,24,25). The summed E-state index contributed by atoms with van der Waals surface area (Å²) in [5.41, 5.74) is -0.509. The number of carbonyl (C=O) groups is 2. The Bertz CT molecular complexity index is 650. The highest BCUT2D eigenvalue weighted by Crippen LogP contribution is 2.65. The van der Waals surface area contributed by atoms with Crippen molar-refractivity contribution in [3.8, 4) is 0 Å². The molecule has 0 aliphatic heterocycles. The maximum atomic E-state index is 12.5.